The highest BCUT2D eigenvalue weighted by Crippen LogP contribution is 2.16. The lowest BCUT2D eigenvalue weighted by molar-refractivity contribution is -0.142. The van der Waals surface area contributed by atoms with Crippen LogP contribution in [0.1, 0.15) is 210 Å². The fourth-order valence-corrected chi connectivity index (χ4v) is 7.66. The number of ketones is 3. The van der Waals surface area contributed by atoms with Gasteiger partial charge in [-0.05, 0) is 108 Å². The summed E-state index contributed by atoms with van der Waals surface area (Å²) in [7, 11) is 0. The first-order valence-electron chi connectivity index (χ1n) is 25.7. The van der Waals surface area contributed by atoms with Gasteiger partial charge in [0.2, 0.25) is 17.7 Å². The standard InChI is InChI=1S/C52H87N5O11/c1-39(40(2)58)23-18-20-36-55-50(63)46(54)28-19-21-37-56-49(62)45(53)27-16-12-15-26-43(60)32-35-47(52(66)67)57-48(61)29-17-10-6-5-9-14-25-42(59)24-13-8-4-3-7-11-22-38-68-44-33-30-41(31-34-44)51(64)65/h30-31,33-34,39,45-47H,3-29,32,35-38,53-54H2,1-2H3,(H,55,63)(H,56,62)(H,57,61)(H,64,65)(H,66,67)/t39-,45-,46-,47-/m0/s1. The second-order valence-corrected chi connectivity index (χ2v) is 18.5. The number of Topliss-reactive ketones (excluding diaryl/α,β-unsaturated/α-hetero) is 3. The number of aromatic carboxylic acids is 1. The van der Waals surface area contributed by atoms with Gasteiger partial charge in [0.15, 0.2) is 0 Å². The number of carbonyl (C=O) groups is 8. The summed E-state index contributed by atoms with van der Waals surface area (Å²) in [5, 5.41) is 26.8. The van der Waals surface area contributed by atoms with Gasteiger partial charge in [0.25, 0.3) is 0 Å². The van der Waals surface area contributed by atoms with Crippen LogP contribution in [0.2, 0.25) is 0 Å². The van der Waals surface area contributed by atoms with Gasteiger partial charge in [-0.2, -0.15) is 0 Å². The molecule has 9 N–H and O–H groups in total. The number of aliphatic carboxylic acids is 1. The van der Waals surface area contributed by atoms with Crippen LogP contribution < -0.4 is 32.2 Å². The Morgan fingerprint density at radius 1 is 0.529 bits per heavy atom. The minimum Gasteiger partial charge on any atom is -0.494 e. The molecular weight excluding hydrogens is 871 g/mol. The first-order valence-corrected chi connectivity index (χ1v) is 25.7. The van der Waals surface area contributed by atoms with Crippen molar-refractivity contribution in [1.82, 2.24) is 16.0 Å². The van der Waals surface area contributed by atoms with Crippen molar-refractivity contribution >= 4 is 47.0 Å². The Bertz CT molecular complexity index is 1620. The number of carbonyl (C=O) groups excluding carboxylic acids is 6. The second-order valence-electron chi connectivity index (χ2n) is 18.5. The molecular formula is C52H87N5O11. The molecule has 0 fully saturated rings. The summed E-state index contributed by atoms with van der Waals surface area (Å²) in [4.78, 5) is 95.8. The van der Waals surface area contributed by atoms with E-state index in [1.807, 2.05) is 6.92 Å². The van der Waals surface area contributed by atoms with Gasteiger partial charge in [-0.15, -0.1) is 0 Å². The second kappa shape index (κ2) is 39.2. The number of unbranched alkanes of at least 4 members (excludes halogenated alkanes) is 15. The summed E-state index contributed by atoms with van der Waals surface area (Å²) < 4.78 is 5.67. The highest BCUT2D eigenvalue weighted by Gasteiger charge is 2.21. The van der Waals surface area contributed by atoms with Crippen LogP contribution in [0.4, 0.5) is 0 Å². The summed E-state index contributed by atoms with van der Waals surface area (Å²) in [5.74, 6) is -1.78. The molecule has 4 atom stereocenters. The lowest BCUT2D eigenvalue weighted by Crippen LogP contribution is -2.41. The number of hydrogen-bond donors (Lipinski definition) is 7. The van der Waals surface area contributed by atoms with E-state index in [9.17, 15) is 43.5 Å². The molecule has 0 unspecified atom stereocenters. The fourth-order valence-electron chi connectivity index (χ4n) is 7.66. The minimum atomic E-state index is -1.17. The highest BCUT2D eigenvalue weighted by atomic mass is 16.5. The number of nitrogens with two attached hydrogens (primary N) is 2. The van der Waals surface area contributed by atoms with E-state index in [2.05, 4.69) is 16.0 Å². The molecule has 1 rings (SSSR count). The van der Waals surface area contributed by atoms with Crippen LogP contribution in [0.3, 0.4) is 0 Å². The fraction of sp³-hybridized carbons (Fsp3) is 0.731. The zero-order chi connectivity index (χ0) is 50.4. The number of carboxylic acids is 2. The van der Waals surface area contributed by atoms with Gasteiger partial charge in [-0.1, -0.05) is 84.0 Å². The van der Waals surface area contributed by atoms with Crippen molar-refractivity contribution in [2.45, 2.75) is 218 Å². The van der Waals surface area contributed by atoms with Crippen LogP contribution in [0, 0.1) is 5.92 Å². The molecule has 0 aliphatic heterocycles. The van der Waals surface area contributed by atoms with Gasteiger partial charge < -0.3 is 42.4 Å². The molecule has 0 aliphatic carbocycles. The van der Waals surface area contributed by atoms with E-state index in [4.69, 9.17) is 21.3 Å². The molecule has 1 aromatic rings. The first kappa shape index (κ1) is 61.3. The number of amides is 3. The average Bonchev–Trinajstić information content (AvgIpc) is 3.30. The summed E-state index contributed by atoms with van der Waals surface area (Å²) in [6, 6.07) is 4.01. The van der Waals surface area contributed by atoms with Gasteiger partial charge in [0.05, 0.1) is 24.3 Å². The lowest BCUT2D eigenvalue weighted by atomic mass is 10.0. The molecule has 0 saturated carbocycles. The molecule has 386 valence electrons. The molecule has 16 nitrogen and oxygen atoms in total. The van der Waals surface area contributed by atoms with Crippen molar-refractivity contribution in [3.05, 3.63) is 29.8 Å². The maximum atomic E-state index is 12.5. The Labute approximate surface area is 406 Å². The molecule has 0 bridgehead atoms. The van der Waals surface area contributed by atoms with E-state index in [-0.39, 0.29) is 66.5 Å². The van der Waals surface area contributed by atoms with Crippen molar-refractivity contribution in [1.29, 1.82) is 0 Å². The van der Waals surface area contributed by atoms with E-state index < -0.39 is 30.1 Å². The zero-order valence-electron chi connectivity index (χ0n) is 41.5. The van der Waals surface area contributed by atoms with Gasteiger partial charge in [-0.25, -0.2) is 9.59 Å². The van der Waals surface area contributed by atoms with Crippen LogP contribution in [-0.4, -0.2) is 95.0 Å². The predicted octanol–water partition coefficient (Wildman–Crippen LogP) is 7.90. The first-order chi connectivity index (χ1) is 32.6. The molecule has 0 radical (unpaired) electrons. The Hall–Kier alpha value is -4.70. The molecule has 0 spiro atoms. The molecule has 0 saturated heterocycles. The van der Waals surface area contributed by atoms with Gasteiger partial charge >= 0.3 is 11.9 Å². The maximum Gasteiger partial charge on any atom is 0.335 e. The van der Waals surface area contributed by atoms with E-state index >= 15 is 0 Å². The number of carboxylic acid groups (broad SMARTS) is 2. The van der Waals surface area contributed by atoms with Crippen LogP contribution >= 0.6 is 0 Å². The molecule has 1 aromatic carbocycles. The SMILES string of the molecule is CC(=O)[C@@H](C)CCCCNC(=O)[C@@H](N)CCCCNC(=O)[C@@H](N)CCCCCC(=O)CC[C@H](NC(=O)CCCCCCCCC(=O)CCCCCCCCCOc1ccc(C(=O)O)cc1)C(=O)O. The minimum absolute atomic E-state index is 0.0284. The normalized spacial score (nSPS) is 12.9. The molecule has 0 aromatic heterocycles. The molecule has 0 heterocycles. The highest BCUT2D eigenvalue weighted by molar-refractivity contribution is 5.87. The van der Waals surface area contributed by atoms with E-state index in [0.29, 0.717) is 95.4 Å². The monoisotopic (exact) mass is 958 g/mol. The Balaban J connectivity index is 1.99. The smallest absolute Gasteiger partial charge is 0.335 e. The van der Waals surface area contributed by atoms with Crippen LogP contribution in [0.5, 0.6) is 5.75 Å². The third-order valence-electron chi connectivity index (χ3n) is 12.4. The van der Waals surface area contributed by atoms with Crippen molar-refractivity contribution in [2.75, 3.05) is 19.7 Å². The quantitative estimate of drug-likeness (QED) is 0.0307. The van der Waals surface area contributed by atoms with Crippen LogP contribution in [0.25, 0.3) is 0 Å². The van der Waals surface area contributed by atoms with Crippen molar-refractivity contribution < 1.29 is 53.3 Å². The van der Waals surface area contributed by atoms with Crippen LogP contribution in [-0.2, 0) is 33.6 Å². The topological polar surface area (TPSA) is 274 Å². The number of ether oxygens (including phenoxy) is 1. The maximum absolute atomic E-state index is 12.5. The Morgan fingerprint density at radius 3 is 1.44 bits per heavy atom. The largest absolute Gasteiger partial charge is 0.494 e. The molecule has 16 heteroatoms. The summed E-state index contributed by atoms with van der Waals surface area (Å²) in [6.07, 6.45) is 21.1. The van der Waals surface area contributed by atoms with Gasteiger partial charge in [-0.3, -0.25) is 28.8 Å². The van der Waals surface area contributed by atoms with Gasteiger partial charge in [0.1, 0.15) is 29.1 Å². The Morgan fingerprint density at radius 2 is 0.956 bits per heavy atom. The number of nitrogens with one attached hydrogen (secondary N) is 3. The van der Waals surface area contributed by atoms with Crippen molar-refractivity contribution in [3.63, 3.8) is 0 Å². The average molecular weight is 958 g/mol. The number of benzene rings is 1. The summed E-state index contributed by atoms with van der Waals surface area (Å²) >= 11 is 0. The summed E-state index contributed by atoms with van der Waals surface area (Å²) in [5.41, 5.74) is 12.3. The van der Waals surface area contributed by atoms with E-state index in [1.165, 1.54) is 12.1 Å². The molecule has 68 heavy (non-hydrogen) atoms. The van der Waals surface area contributed by atoms with E-state index in [0.717, 1.165) is 96.3 Å². The number of rotatable bonds is 45. The van der Waals surface area contributed by atoms with Crippen molar-refractivity contribution in [3.8, 4) is 5.75 Å². The number of hydrogen-bond acceptors (Lipinski definition) is 11. The van der Waals surface area contributed by atoms with Gasteiger partial charge in [0, 0.05) is 51.1 Å². The Kier molecular flexibility index (Phi) is 35.3. The summed E-state index contributed by atoms with van der Waals surface area (Å²) in [6.45, 7) is 5.05. The van der Waals surface area contributed by atoms with Crippen LogP contribution in [0.15, 0.2) is 24.3 Å². The third-order valence-corrected chi connectivity index (χ3v) is 12.4. The third kappa shape index (κ3) is 32.9. The lowest BCUT2D eigenvalue weighted by Gasteiger charge is -2.14. The molecule has 0 aliphatic rings. The zero-order valence-corrected chi connectivity index (χ0v) is 41.5. The van der Waals surface area contributed by atoms with Crippen molar-refractivity contribution in [2.24, 2.45) is 17.4 Å². The van der Waals surface area contributed by atoms with E-state index in [1.54, 1.807) is 19.1 Å². The predicted molar refractivity (Wildman–Crippen MR) is 264 cm³/mol. The molecule has 3 amide bonds.